The number of amides is 1. The first kappa shape index (κ1) is 10.5. The van der Waals surface area contributed by atoms with Gasteiger partial charge >= 0.3 is 0 Å². The number of carbonyl (C=O) groups excluding carboxylic acids is 1. The average molecular weight is 185 g/mol. The number of hydrogen-bond donors (Lipinski definition) is 2. The summed E-state index contributed by atoms with van der Waals surface area (Å²) < 4.78 is 0. The van der Waals surface area contributed by atoms with Crippen LogP contribution in [-0.4, -0.2) is 23.7 Å². The topological polar surface area (TPSA) is 49.3 Å². The van der Waals surface area contributed by atoms with E-state index in [0.29, 0.717) is 12.3 Å². The van der Waals surface area contributed by atoms with Crippen molar-refractivity contribution in [2.24, 2.45) is 5.92 Å². The summed E-state index contributed by atoms with van der Waals surface area (Å²) >= 11 is 0. The smallest absolute Gasteiger partial charge is 0.220 e. The largest absolute Gasteiger partial charge is 0.394 e. The standard InChI is InChI=1S/C10H19NO2/c1-8(7-12)11-10(13)6-9-4-2-3-5-9/h8-9,12H,2-7H2,1H3,(H,11,13)/t8-/m0/s1. The predicted molar refractivity (Wildman–Crippen MR) is 51.3 cm³/mol. The third-order valence-electron chi connectivity index (χ3n) is 2.63. The molecular weight excluding hydrogens is 166 g/mol. The van der Waals surface area contributed by atoms with Crippen LogP contribution in [0.5, 0.6) is 0 Å². The SMILES string of the molecule is C[C@@H](CO)NC(=O)CC1CCCC1. The van der Waals surface area contributed by atoms with Gasteiger partial charge in [-0.25, -0.2) is 0 Å². The number of nitrogens with one attached hydrogen (secondary N) is 1. The number of aliphatic hydroxyl groups excluding tert-OH is 1. The van der Waals surface area contributed by atoms with Crippen molar-refractivity contribution in [1.82, 2.24) is 5.32 Å². The zero-order valence-corrected chi connectivity index (χ0v) is 8.25. The van der Waals surface area contributed by atoms with Gasteiger partial charge in [-0.15, -0.1) is 0 Å². The molecule has 1 aliphatic rings. The fourth-order valence-corrected chi connectivity index (χ4v) is 1.86. The maximum atomic E-state index is 11.3. The van der Waals surface area contributed by atoms with Gasteiger partial charge in [-0.3, -0.25) is 4.79 Å². The van der Waals surface area contributed by atoms with Crippen LogP contribution in [0.2, 0.25) is 0 Å². The van der Waals surface area contributed by atoms with Crippen LogP contribution in [0.3, 0.4) is 0 Å². The minimum absolute atomic E-state index is 0.0242. The van der Waals surface area contributed by atoms with Crippen LogP contribution >= 0.6 is 0 Å². The third kappa shape index (κ3) is 3.77. The first-order chi connectivity index (χ1) is 6.22. The van der Waals surface area contributed by atoms with Gasteiger partial charge < -0.3 is 10.4 Å². The van der Waals surface area contributed by atoms with Crippen molar-refractivity contribution in [3.8, 4) is 0 Å². The van der Waals surface area contributed by atoms with Gasteiger partial charge in [-0.1, -0.05) is 12.8 Å². The molecule has 1 rings (SSSR count). The van der Waals surface area contributed by atoms with E-state index in [1.165, 1.54) is 25.7 Å². The molecule has 76 valence electrons. The molecule has 0 aromatic carbocycles. The Morgan fingerprint density at radius 1 is 1.54 bits per heavy atom. The molecule has 1 aliphatic carbocycles. The Morgan fingerprint density at radius 3 is 2.69 bits per heavy atom. The molecule has 3 heteroatoms. The van der Waals surface area contributed by atoms with Crippen LogP contribution in [-0.2, 0) is 4.79 Å². The fraction of sp³-hybridized carbons (Fsp3) is 0.900. The lowest BCUT2D eigenvalue weighted by atomic mass is 10.0. The van der Waals surface area contributed by atoms with Crippen molar-refractivity contribution in [3.63, 3.8) is 0 Å². The summed E-state index contributed by atoms with van der Waals surface area (Å²) in [5.74, 6) is 0.680. The number of aliphatic hydroxyl groups is 1. The van der Waals surface area contributed by atoms with E-state index in [-0.39, 0.29) is 18.6 Å². The second-order valence-corrected chi connectivity index (χ2v) is 4.01. The second kappa shape index (κ2) is 5.22. The molecular formula is C10H19NO2. The highest BCUT2D eigenvalue weighted by Gasteiger charge is 2.18. The first-order valence-electron chi connectivity index (χ1n) is 5.12. The Morgan fingerprint density at radius 2 is 2.15 bits per heavy atom. The van der Waals surface area contributed by atoms with Gasteiger partial charge in [0.1, 0.15) is 0 Å². The molecule has 13 heavy (non-hydrogen) atoms. The van der Waals surface area contributed by atoms with Gasteiger partial charge in [0.25, 0.3) is 0 Å². The number of rotatable bonds is 4. The van der Waals surface area contributed by atoms with Crippen molar-refractivity contribution in [3.05, 3.63) is 0 Å². The van der Waals surface area contributed by atoms with E-state index in [0.717, 1.165) is 0 Å². The molecule has 0 heterocycles. The van der Waals surface area contributed by atoms with Crippen molar-refractivity contribution in [2.45, 2.75) is 45.1 Å². The van der Waals surface area contributed by atoms with Gasteiger partial charge in [0.05, 0.1) is 6.61 Å². The lowest BCUT2D eigenvalue weighted by Crippen LogP contribution is -2.35. The van der Waals surface area contributed by atoms with Gasteiger partial charge in [0, 0.05) is 12.5 Å². The van der Waals surface area contributed by atoms with E-state index in [1.54, 1.807) is 0 Å². The van der Waals surface area contributed by atoms with Crippen molar-refractivity contribution < 1.29 is 9.90 Å². The monoisotopic (exact) mass is 185 g/mol. The Hall–Kier alpha value is -0.570. The molecule has 2 N–H and O–H groups in total. The van der Waals surface area contributed by atoms with Crippen LogP contribution in [0.4, 0.5) is 0 Å². The maximum Gasteiger partial charge on any atom is 0.220 e. The van der Waals surface area contributed by atoms with Crippen molar-refractivity contribution in [2.75, 3.05) is 6.61 Å². The predicted octanol–water partition coefficient (Wildman–Crippen LogP) is 1.06. The van der Waals surface area contributed by atoms with Crippen LogP contribution in [0, 0.1) is 5.92 Å². The first-order valence-corrected chi connectivity index (χ1v) is 5.12. The third-order valence-corrected chi connectivity index (χ3v) is 2.63. The van der Waals surface area contributed by atoms with Gasteiger partial charge in [-0.2, -0.15) is 0 Å². The Balaban J connectivity index is 2.16. The Kier molecular flexibility index (Phi) is 4.22. The van der Waals surface area contributed by atoms with E-state index in [4.69, 9.17) is 5.11 Å². The van der Waals surface area contributed by atoms with Gasteiger partial charge in [0.2, 0.25) is 5.91 Å². The number of hydrogen-bond acceptors (Lipinski definition) is 2. The van der Waals surface area contributed by atoms with E-state index < -0.39 is 0 Å². The molecule has 0 aromatic rings. The number of carbonyl (C=O) groups is 1. The highest BCUT2D eigenvalue weighted by atomic mass is 16.3. The van der Waals surface area contributed by atoms with Gasteiger partial charge in [0.15, 0.2) is 0 Å². The quantitative estimate of drug-likeness (QED) is 0.688. The van der Waals surface area contributed by atoms with E-state index in [2.05, 4.69) is 5.32 Å². The molecule has 0 bridgehead atoms. The molecule has 0 aromatic heterocycles. The van der Waals surface area contributed by atoms with E-state index in [1.807, 2.05) is 6.92 Å². The summed E-state index contributed by atoms with van der Waals surface area (Å²) in [6.45, 7) is 1.84. The van der Waals surface area contributed by atoms with Crippen LogP contribution in [0.25, 0.3) is 0 Å². The van der Waals surface area contributed by atoms with Crippen molar-refractivity contribution >= 4 is 5.91 Å². The molecule has 0 radical (unpaired) electrons. The summed E-state index contributed by atoms with van der Waals surface area (Å²) in [6.07, 6.45) is 5.58. The highest BCUT2D eigenvalue weighted by Crippen LogP contribution is 2.27. The zero-order chi connectivity index (χ0) is 9.68. The minimum Gasteiger partial charge on any atom is -0.394 e. The maximum absolute atomic E-state index is 11.3. The molecule has 0 spiro atoms. The summed E-state index contributed by atoms with van der Waals surface area (Å²) in [5, 5.41) is 11.5. The second-order valence-electron chi connectivity index (χ2n) is 4.01. The lowest BCUT2D eigenvalue weighted by molar-refractivity contribution is -0.122. The molecule has 1 amide bonds. The summed E-state index contributed by atoms with van der Waals surface area (Å²) in [7, 11) is 0. The summed E-state index contributed by atoms with van der Waals surface area (Å²) in [4.78, 5) is 11.3. The van der Waals surface area contributed by atoms with Crippen LogP contribution < -0.4 is 5.32 Å². The Bertz CT molecular complexity index is 164. The van der Waals surface area contributed by atoms with Crippen molar-refractivity contribution in [1.29, 1.82) is 0 Å². The molecule has 1 atom stereocenters. The molecule has 3 nitrogen and oxygen atoms in total. The molecule has 0 unspecified atom stereocenters. The van der Waals surface area contributed by atoms with E-state index in [9.17, 15) is 4.79 Å². The minimum atomic E-state index is -0.103. The molecule has 1 saturated carbocycles. The van der Waals surface area contributed by atoms with Crippen LogP contribution in [0.15, 0.2) is 0 Å². The average Bonchev–Trinajstić information content (AvgIpc) is 2.56. The van der Waals surface area contributed by atoms with Gasteiger partial charge in [-0.05, 0) is 25.7 Å². The molecule has 0 aliphatic heterocycles. The normalized spacial score (nSPS) is 20.2. The molecule has 0 saturated heterocycles. The Labute approximate surface area is 79.5 Å². The zero-order valence-electron chi connectivity index (χ0n) is 8.25. The fourth-order valence-electron chi connectivity index (χ4n) is 1.86. The highest BCUT2D eigenvalue weighted by molar-refractivity contribution is 5.76. The van der Waals surface area contributed by atoms with Crippen LogP contribution in [0.1, 0.15) is 39.0 Å². The summed E-state index contributed by atoms with van der Waals surface area (Å²) in [6, 6.07) is -0.103. The van der Waals surface area contributed by atoms with E-state index >= 15 is 0 Å². The summed E-state index contributed by atoms with van der Waals surface area (Å²) in [5.41, 5.74) is 0. The molecule has 1 fully saturated rings. The lowest BCUT2D eigenvalue weighted by Gasteiger charge is -2.13.